The van der Waals surface area contributed by atoms with E-state index in [1.54, 1.807) is 0 Å². The van der Waals surface area contributed by atoms with E-state index < -0.39 is 8.07 Å². The van der Waals surface area contributed by atoms with E-state index in [1.807, 2.05) is 0 Å². The second kappa shape index (κ2) is 5.89. The molecule has 0 aromatic heterocycles. The summed E-state index contributed by atoms with van der Waals surface area (Å²) in [5.74, 6) is 3.67. The van der Waals surface area contributed by atoms with Crippen molar-refractivity contribution in [2.24, 2.45) is 5.92 Å². The zero-order valence-electron chi connectivity index (χ0n) is 11.5. The Hall–Kier alpha value is -1.26. The van der Waals surface area contributed by atoms with Crippen molar-refractivity contribution in [3.05, 3.63) is 41.5 Å². The van der Waals surface area contributed by atoms with Crippen LogP contribution in [-0.2, 0) is 0 Å². The van der Waals surface area contributed by atoms with Crippen molar-refractivity contribution in [2.45, 2.75) is 33.5 Å². The van der Waals surface area contributed by atoms with Gasteiger partial charge in [0.05, 0.1) is 0 Å². The van der Waals surface area contributed by atoms with Crippen molar-refractivity contribution in [3.63, 3.8) is 0 Å². The van der Waals surface area contributed by atoms with Gasteiger partial charge in [0, 0.05) is 5.92 Å². The average molecular weight is 242 g/mol. The number of benzene rings is 1. The van der Waals surface area contributed by atoms with Gasteiger partial charge in [-0.3, -0.25) is 0 Å². The largest absolute Gasteiger partial charge is 0.131 e. The summed E-state index contributed by atoms with van der Waals surface area (Å²) in [6.07, 6.45) is 4.33. The van der Waals surface area contributed by atoms with Crippen LogP contribution in [0.2, 0.25) is 19.6 Å². The smallest absolute Gasteiger partial charge is 0.129 e. The fraction of sp³-hybridized carbons (Fsp3) is 0.375. The summed E-state index contributed by atoms with van der Waals surface area (Å²) in [6.45, 7) is 11.1. The van der Waals surface area contributed by atoms with E-state index >= 15 is 0 Å². The topological polar surface area (TPSA) is 0 Å². The van der Waals surface area contributed by atoms with Crippen molar-refractivity contribution in [1.29, 1.82) is 0 Å². The third-order valence-electron chi connectivity index (χ3n) is 2.33. The van der Waals surface area contributed by atoms with Crippen molar-refractivity contribution in [2.75, 3.05) is 0 Å². The molecule has 1 aromatic carbocycles. The first-order chi connectivity index (χ1) is 7.87. The predicted molar refractivity (Wildman–Crippen MR) is 80.5 cm³/mol. The molecule has 1 unspecified atom stereocenters. The Balaban J connectivity index is 2.64. The molecule has 1 aromatic rings. The Morgan fingerprint density at radius 1 is 1.12 bits per heavy atom. The van der Waals surface area contributed by atoms with E-state index in [0.717, 1.165) is 0 Å². The summed E-state index contributed by atoms with van der Waals surface area (Å²) in [6, 6.07) is 8.56. The molecule has 0 aliphatic heterocycles. The zero-order chi connectivity index (χ0) is 12.9. The fourth-order valence-corrected chi connectivity index (χ4v) is 1.97. The first-order valence-electron chi connectivity index (χ1n) is 6.14. The number of hydrogen-bond donors (Lipinski definition) is 0. The van der Waals surface area contributed by atoms with Gasteiger partial charge in [-0.25, -0.2) is 0 Å². The zero-order valence-corrected chi connectivity index (χ0v) is 12.5. The third kappa shape index (κ3) is 6.14. The SMILES string of the molecule is Cc1ccc(/C=C/C(C)C#C[Si](C)(C)C)cc1. The minimum absolute atomic E-state index is 0.336. The van der Waals surface area contributed by atoms with E-state index in [1.165, 1.54) is 11.1 Å². The highest BCUT2D eigenvalue weighted by atomic mass is 28.3. The minimum atomic E-state index is -1.23. The lowest BCUT2D eigenvalue weighted by atomic mass is 10.1. The molecule has 0 saturated carbocycles. The van der Waals surface area contributed by atoms with Gasteiger partial charge in [-0.15, -0.1) is 11.5 Å². The van der Waals surface area contributed by atoms with Gasteiger partial charge in [0.25, 0.3) is 0 Å². The molecular formula is C16H22Si. The highest BCUT2D eigenvalue weighted by molar-refractivity contribution is 6.83. The number of hydrogen-bond acceptors (Lipinski definition) is 0. The van der Waals surface area contributed by atoms with Gasteiger partial charge in [-0.1, -0.05) is 61.6 Å². The molecule has 0 N–H and O–H groups in total. The molecule has 0 heterocycles. The molecule has 0 saturated heterocycles. The number of rotatable bonds is 2. The van der Waals surface area contributed by atoms with Gasteiger partial charge in [0.2, 0.25) is 0 Å². The van der Waals surface area contributed by atoms with E-state index in [2.05, 4.69) is 81.4 Å². The van der Waals surface area contributed by atoms with E-state index in [9.17, 15) is 0 Å². The van der Waals surface area contributed by atoms with Crippen LogP contribution in [0.1, 0.15) is 18.1 Å². The maximum absolute atomic E-state index is 3.40. The average Bonchev–Trinajstić information content (AvgIpc) is 2.25. The summed E-state index contributed by atoms with van der Waals surface area (Å²) in [7, 11) is -1.23. The maximum atomic E-state index is 3.40. The summed E-state index contributed by atoms with van der Waals surface area (Å²) in [5, 5.41) is 0. The molecule has 1 rings (SSSR count). The van der Waals surface area contributed by atoms with Crippen LogP contribution in [0.15, 0.2) is 30.3 Å². The van der Waals surface area contributed by atoms with Crippen LogP contribution in [0.25, 0.3) is 6.08 Å². The molecule has 0 bridgehead atoms. The number of aryl methyl sites for hydroxylation is 1. The van der Waals surface area contributed by atoms with Crippen LogP contribution in [-0.4, -0.2) is 8.07 Å². The molecule has 17 heavy (non-hydrogen) atoms. The van der Waals surface area contributed by atoms with Gasteiger partial charge in [-0.05, 0) is 19.4 Å². The van der Waals surface area contributed by atoms with Gasteiger partial charge < -0.3 is 0 Å². The Labute approximate surface area is 107 Å². The molecule has 1 atom stereocenters. The van der Waals surface area contributed by atoms with Crippen LogP contribution >= 0.6 is 0 Å². The van der Waals surface area contributed by atoms with Crippen molar-refractivity contribution < 1.29 is 0 Å². The molecule has 0 spiro atoms. The highest BCUT2D eigenvalue weighted by Gasteiger charge is 2.07. The minimum Gasteiger partial charge on any atom is -0.131 e. The van der Waals surface area contributed by atoms with Gasteiger partial charge in [0.15, 0.2) is 0 Å². The molecule has 1 heteroatoms. The molecule has 0 amide bonds. The van der Waals surface area contributed by atoms with Crippen LogP contribution < -0.4 is 0 Å². The van der Waals surface area contributed by atoms with Crippen molar-refractivity contribution >= 4 is 14.1 Å². The van der Waals surface area contributed by atoms with Crippen LogP contribution in [0.4, 0.5) is 0 Å². The number of allylic oxidation sites excluding steroid dienone is 1. The molecule has 0 fully saturated rings. The lowest BCUT2D eigenvalue weighted by molar-refractivity contribution is 0.987. The van der Waals surface area contributed by atoms with E-state index in [0.29, 0.717) is 5.92 Å². The monoisotopic (exact) mass is 242 g/mol. The summed E-state index contributed by atoms with van der Waals surface area (Å²) in [5.41, 5.74) is 5.95. The predicted octanol–water partition coefficient (Wildman–Crippen LogP) is 4.53. The van der Waals surface area contributed by atoms with Crippen LogP contribution in [0.5, 0.6) is 0 Å². The molecule has 0 radical (unpaired) electrons. The Kier molecular flexibility index (Phi) is 4.78. The third-order valence-corrected chi connectivity index (χ3v) is 3.22. The van der Waals surface area contributed by atoms with E-state index in [-0.39, 0.29) is 0 Å². The molecule has 0 aliphatic rings. The second-order valence-corrected chi connectivity index (χ2v) is 10.3. The first-order valence-corrected chi connectivity index (χ1v) is 9.64. The van der Waals surface area contributed by atoms with Crippen molar-refractivity contribution in [3.8, 4) is 11.5 Å². The summed E-state index contributed by atoms with van der Waals surface area (Å²) >= 11 is 0. The maximum Gasteiger partial charge on any atom is 0.129 e. The Morgan fingerprint density at radius 2 is 1.71 bits per heavy atom. The van der Waals surface area contributed by atoms with Gasteiger partial charge in [0.1, 0.15) is 8.07 Å². The standard InChI is InChI=1S/C16H22Si/c1-14-6-9-16(10-7-14)11-8-15(2)12-13-17(3,4)5/h6-11,15H,1-5H3/b11-8+. The molecule has 90 valence electrons. The highest BCUT2D eigenvalue weighted by Crippen LogP contribution is 2.07. The first kappa shape index (κ1) is 13.8. The normalized spacial score (nSPS) is 13.2. The van der Waals surface area contributed by atoms with Gasteiger partial charge in [-0.2, -0.15) is 0 Å². The summed E-state index contributed by atoms with van der Waals surface area (Å²) < 4.78 is 0. The van der Waals surface area contributed by atoms with Gasteiger partial charge >= 0.3 is 0 Å². The Morgan fingerprint density at radius 3 is 2.24 bits per heavy atom. The van der Waals surface area contributed by atoms with E-state index in [4.69, 9.17) is 0 Å². The summed E-state index contributed by atoms with van der Waals surface area (Å²) in [4.78, 5) is 0. The quantitative estimate of drug-likeness (QED) is 0.528. The van der Waals surface area contributed by atoms with Crippen LogP contribution in [0.3, 0.4) is 0 Å². The molecule has 0 aliphatic carbocycles. The van der Waals surface area contributed by atoms with Crippen LogP contribution in [0, 0.1) is 24.3 Å². The molecular weight excluding hydrogens is 220 g/mol. The van der Waals surface area contributed by atoms with Crippen molar-refractivity contribution in [1.82, 2.24) is 0 Å². The second-order valence-electron chi connectivity index (χ2n) is 5.58. The lowest BCUT2D eigenvalue weighted by Gasteiger charge is -2.04. The lowest BCUT2D eigenvalue weighted by Crippen LogP contribution is -2.16. The fourth-order valence-electron chi connectivity index (χ4n) is 1.31. The molecule has 0 nitrogen and oxygen atoms in total. The Bertz CT molecular complexity index is 435.